The molecule has 0 fully saturated rings. The average molecular weight is 178 g/mol. The van der Waals surface area contributed by atoms with Crippen LogP contribution < -0.4 is 5.32 Å². The zero-order valence-electron chi connectivity index (χ0n) is 6.76. The van der Waals surface area contributed by atoms with Crippen molar-refractivity contribution in [1.82, 2.24) is 5.32 Å². The minimum absolute atomic E-state index is 0.110. The summed E-state index contributed by atoms with van der Waals surface area (Å²) in [7, 11) is -0.641. The predicted octanol–water partition coefficient (Wildman–Crippen LogP) is -0.384. The molecule has 1 unspecified atom stereocenters. The van der Waals surface area contributed by atoms with Gasteiger partial charge in [0.1, 0.15) is 10.7 Å². The summed E-state index contributed by atoms with van der Waals surface area (Å²) in [6.07, 6.45) is 0.500. The van der Waals surface area contributed by atoms with Crippen LogP contribution in [-0.4, -0.2) is 33.0 Å². The second-order valence-electron chi connectivity index (χ2n) is 2.49. The fraction of sp³-hybridized carbons (Fsp3) is 0.833. The highest BCUT2D eigenvalue weighted by atomic mass is 32.2. The summed E-state index contributed by atoms with van der Waals surface area (Å²) in [6, 6.07) is 0.178. The first-order valence-corrected chi connectivity index (χ1v) is 4.78. The lowest BCUT2D eigenvalue weighted by Gasteiger charge is -2.08. The van der Waals surface area contributed by atoms with Crippen molar-refractivity contribution in [3.8, 4) is 0 Å². The quantitative estimate of drug-likeness (QED) is 0.397. The monoisotopic (exact) mass is 178 g/mol. The Morgan fingerprint density at radius 1 is 1.64 bits per heavy atom. The van der Waals surface area contributed by atoms with Gasteiger partial charge in [0.05, 0.1) is 5.75 Å². The van der Waals surface area contributed by atoms with Crippen molar-refractivity contribution >= 4 is 16.4 Å². The van der Waals surface area contributed by atoms with E-state index in [1.54, 1.807) is 7.05 Å². The fourth-order valence-electron chi connectivity index (χ4n) is 0.692. The van der Waals surface area contributed by atoms with Gasteiger partial charge in [-0.3, -0.25) is 0 Å². The summed E-state index contributed by atoms with van der Waals surface area (Å²) in [6.45, 7) is 1.91. The topological polar surface area (TPSA) is 70.0 Å². The van der Waals surface area contributed by atoms with E-state index in [1.807, 2.05) is 6.92 Å². The van der Waals surface area contributed by atoms with E-state index < -0.39 is 10.7 Å². The molecule has 0 aliphatic carbocycles. The Kier molecular flexibility index (Phi) is 5.06. The van der Waals surface area contributed by atoms with E-state index in [4.69, 9.17) is 5.41 Å². The van der Waals surface area contributed by atoms with Crippen LogP contribution in [0.5, 0.6) is 0 Å². The van der Waals surface area contributed by atoms with Gasteiger partial charge in [-0.05, 0) is 14.0 Å². The second-order valence-corrected chi connectivity index (χ2v) is 3.47. The van der Waals surface area contributed by atoms with E-state index in [1.165, 1.54) is 0 Å². The highest BCUT2D eigenvalue weighted by Gasteiger charge is 2.03. The highest BCUT2D eigenvalue weighted by Crippen LogP contribution is 1.91. The van der Waals surface area contributed by atoms with Gasteiger partial charge in [-0.15, -0.1) is 0 Å². The van der Waals surface area contributed by atoms with Crippen LogP contribution in [0.4, 0.5) is 0 Å². The first-order valence-electron chi connectivity index (χ1n) is 3.41. The third kappa shape index (κ3) is 6.00. The van der Waals surface area contributed by atoms with Crippen LogP contribution in [0.2, 0.25) is 0 Å². The maximum absolute atomic E-state index is 10.2. The molecule has 66 valence electrons. The zero-order chi connectivity index (χ0) is 8.85. The fourth-order valence-corrected chi connectivity index (χ4v) is 1.13. The Hall–Kier alpha value is -0.420. The SMILES string of the molecule is CNC(C)CC(=N)C[SH](=O)=O. The third-order valence-corrected chi connectivity index (χ3v) is 2.01. The molecule has 0 aliphatic heterocycles. The van der Waals surface area contributed by atoms with Crippen LogP contribution in [-0.2, 0) is 10.7 Å². The maximum Gasteiger partial charge on any atom is 0.145 e. The third-order valence-electron chi connectivity index (χ3n) is 1.37. The second kappa shape index (κ2) is 5.26. The van der Waals surface area contributed by atoms with Crippen LogP contribution in [0.1, 0.15) is 13.3 Å². The van der Waals surface area contributed by atoms with Gasteiger partial charge in [0, 0.05) is 18.2 Å². The van der Waals surface area contributed by atoms with E-state index in [2.05, 4.69) is 5.32 Å². The van der Waals surface area contributed by atoms with Crippen molar-refractivity contribution in [2.75, 3.05) is 12.8 Å². The van der Waals surface area contributed by atoms with Gasteiger partial charge in [-0.1, -0.05) is 0 Å². The van der Waals surface area contributed by atoms with Crippen molar-refractivity contribution in [3.05, 3.63) is 0 Å². The molecule has 0 aromatic heterocycles. The van der Waals surface area contributed by atoms with Crippen LogP contribution in [0, 0.1) is 5.41 Å². The molecule has 4 nitrogen and oxygen atoms in total. The Morgan fingerprint density at radius 2 is 2.18 bits per heavy atom. The molecular formula is C6H14N2O2S. The van der Waals surface area contributed by atoms with E-state index >= 15 is 0 Å². The van der Waals surface area contributed by atoms with Crippen LogP contribution in [0.25, 0.3) is 0 Å². The normalized spacial score (nSPS) is 13.4. The molecule has 2 N–H and O–H groups in total. The van der Waals surface area contributed by atoms with Crippen molar-refractivity contribution in [2.45, 2.75) is 19.4 Å². The minimum atomic E-state index is -2.43. The molecule has 0 aromatic rings. The molecule has 0 aliphatic rings. The van der Waals surface area contributed by atoms with Gasteiger partial charge in [-0.25, -0.2) is 8.42 Å². The molecular weight excluding hydrogens is 164 g/mol. The smallest absolute Gasteiger partial charge is 0.145 e. The summed E-state index contributed by atoms with van der Waals surface area (Å²) in [5, 5.41) is 10.2. The lowest BCUT2D eigenvalue weighted by Crippen LogP contribution is -2.25. The highest BCUT2D eigenvalue weighted by molar-refractivity contribution is 7.73. The number of hydrogen-bond donors (Lipinski definition) is 3. The van der Waals surface area contributed by atoms with Crippen LogP contribution in [0.3, 0.4) is 0 Å². The first-order chi connectivity index (χ1) is 5.06. The summed E-state index contributed by atoms with van der Waals surface area (Å²) in [4.78, 5) is 0. The van der Waals surface area contributed by atoms with Crippen molar-refractivity contribution in [3.63, 3.8) is 0 Å². The molecule has 0 amide bonds. The molecule has 0 spiro atoms. The Labute approximate surface area is 68.5 Å². The molecule has 0 saturated carbocycles. The zero-order valence-corrected chi connectivity index (χ0v) is 7.65. The van der Waals surface area contributed by atoms with E-state index in [0.717, 1.165) is 0 Å². The molecule has 1 atom stereocenters. The first kappa shape index (κ1) is 10.6. The van der Waals surface area contributed by atoms with Gasteiger partial charge in [-0.2, -0.15) is 0 Å². The molecule has 0 rings (SSSR count). The number of rotatable bonds is 5. The average Bonchev–Trinajstić information content (AvgIpc) is 1.85. The summed E-state index contributed by atoms with van der Waals surface area (Å²) >= 11 is 0. The van der Waals surface area contributed by atoms with Gasteiger partial charge in [0.2, 0.25) is 0 Å². The molecule has 11 heavy (non-hydrogen) atoms. The van der Waals surface area contributed by atoms with Crippen molar-refractivity contribution in [1.29, 1.82) is 5.41 Å². The molecule has 5 heteroatoms. The lowest BCUT2D eigenvalue weighted by molar-refractivity contribution is 0.614. The van der Waals surface area contributed by atoms with Gasteiger partial charge < -0.3 is 10.7 Å². The van der Waals surface area contributed by atoms with E-state index in [-0.39, 0.29) is 17.5 Å². The van der Waals surface area contributed by atoms with E-state index in [0.29, 0.717) is 6.42 Å². The number of nitrogens with one attached hydrogen (secondary N) is 2. The van der Waals surface area contributed by atoms with Gasteiger partial charge in [0.25, 0.3) is 0 Å². The lowest BCUT2D eigenvalue weighted by atomic mass is 10.2. The van der Waals surface area contributed by atoms with Crippen molar-refractivity contribution < 1.29 is 8.42 Å². The Morgan fingerprint density at radius 3 is 2.55 bits per heavy atom. The summed E-state index contributed by atoms with van der Waals surface area (Å²) in [5.41, 5.74) is 0.267. The molecule has 0 aromatic carbocycles. The molecule has 0 radical (unpaired) electrons. The number of hydrogen-bond acceptors (Lipinski definition) is 4. The molecule has 0 bridgehead atoms. The molecule has 0 heterocycles. The summed E-state index contributed by atoms with van der Waals surface area (Å²) < 4.78 is 20.3. The maximum atomic E-state index is 10.2. The summed E-state index contributed by atoms with van der Waals surface area (Å²) in [5.74, 6) is -0.110. The minimum Gasteiger partial charge on any atom is -0.317 e. The Balaban J connectivity index is 3.69. The Bertz CT molecular complexity index is 193. The largest absolute Gasteiger partial charge is 0.317 e. The number of thiol groups is 1. The van der Waals surface area contributed by atoms with Gasteiger partial charge in [0.15, 0.2) is 0 Å². The van der Waals surface area contributed by atoms with Crippen LogP contribution in [0.15, 0.2) is 0 Å². The van der Waals surface area contributed by atoms with Crippen molar-refractivity contribution in [2.24, 2.45) is 0 Å². The van der Waals surface area contributed by atoms with Gasteiger partial charge >= 0.3 is 0 Å². The predicted molar refractivity (Wildman–Crippen MR) is 46.0 cm³/mol. The molecule has 0 saturated heterocycles. The van der Waals surface area contributed by atoms with E-state index in [9.17, 15) is 8.42 Å². The van der Waals surface area contributed by atoms with Crippen LogP contribution >= 0.6 is 0 Å². The standard InChI is InChI=1S/C6H14N2O2S/c1-5(8-2)3-6(7)4-11(9)10/h5,7-8,11H,3-4H2,1-2H3.